The molecule has 27 heavy (non-hydrogen) atoms. The van der Waals surface area contributed by atoms with Gasteiger partial charge in [-0.2, -0.15) is 0 Å². The van der Waals surface area contributed by atoms with Crippen molar-refractivity contribution in [2.75, 3.05) is 0 Å². The number of hydrogen-bond donors (Lipinski definition) is 0. The highest BCUT2D eigenvalue weighted by Crippen LogP contribution is 2.40. The van der Waals surface area contributed by atoms with E-state index in [1.807, 2.05) is 0 Å². The van der Waals surface area contributed by atoms with Gasteiger partial charge in [0.15, 0.2) is 0 Å². The molecule has 0 spiro atoms. The van der Waals surface area contributed by atoms with Gasteiger partial charge in [-0.05, 0) is 62.7 Å². The summed E-state index contributed by atoms with van der Waals surface area (Å²) in [6, 6.07) is 12.6. The van der Waals surface area contributed by atoms with E-state index in [1.165, 1.54) is 0 Å². The first kappa shape index (κ1) is 20.4. The van der Waals surface area contributed by atoms with Crippen LogP contribution in [0.4, 0.5) is 0 Å². The second-order valence-electron chi connectivity index (χ2n) is 10.1. The Morgan fingerprint density at radius 1 is 0.852 bits per heavy atom. The fraction of sp³-hybridized carbons (Fsp3) is 0.545. The van der Waals surface area contributed by atoms with Crippen molar-refractivity contribution in [3.63, 3.8) is 0 Å². The van der Waals surface area contributed by atoms with E-state index >= 15 is 0 Å². The maximum Gasteiger partial charge on any atom is 0.495 e. The third kappa shape index (κ3) is 3.57. The van der Waals surface area contributed by atoms with E-state index in [2.05, 4.69) is 98.0 Å². The Kier molecular flexibility index (Phi) is 4.82. The number of fused-ring (bicyclic) bond motifs is 1. The molecule has 2 aromatic rings. The Balaban J connectivity index is 2.05. The number of hydrogen-bond acceptors (Lipinski definition) is 3. The summed E-state index contributed by atoms with van der Waals surface area (Å²) in [7, 11) is -2.29. The van der Waals surface area contributed by atoms with Gasteiger partial charge in [0.05, 0.1) is 11.2 Å². The molecule has 1 saturated heterocycles. The molecule has 0 atom stereocenters. The normalized spacial score (nSPS) is 19.5. The van der Waals surface area contributed by atoms with Crippen LogP contribution in [0.2, 0.25) is 18.1 Å². The lowest BCUT2D eigenvalue weighted by atomic mass is 9.76. The molecule has 0 aliphatic carbocycles. The Labute approximate surface area is 165 Å². The van der Waals surface area contributed by atoms with Gasteiger partial charge in [-0.1, -0.05) is 51.1 Å². The van der Waals surface area contributed by atoms with Crippen LogP contribution in [-0.2, 0) is 9.31 Å². The Bertz CT molecular complexity index is 836. The molecule has 0 radical (unpaired) electrons. The van der Waals surface area contributed by atoms with Crippen LogP contribution in [0, 0.1) is 0 Å². The van der Waals surface area contributed by atoms with Crippen molar-refractivity contribution in [1.29, 1.82) is 0 Å². The first-order chi connectivity index (χ1) is 12.3. The molecule has 0 N–H and O–H groups in total. The van der Waals surface area contributed by atoms with Crippen molar-refractivity contribution in [1.82, 2.24) is 0 Å². The molecule has 146 valence electrons. The average Bonchev–Trinajstić information content (AvgIpc) is 2.74. The van der Waals surface area contributed by atoms with Crippen LogP contribution < -0.4 is 9.89 Å². The minimum Gasteiger partial charge on any atom is -0.543 e. The molecular formula is C22H33BO3Si. The Morgan fingerprint density at radius 2 is 1.37 bits per heavy atom. The summed E-state index contributed by atoms with van der Waals surface area (Å²) in [6.45, 7) is 19.7. The molecule has 0 unspecified atom stereocenters. The van der Waals surface area contributed by atoms with Gasteiger partial charge in [0.1, 0.15) is 5.75 Å². The third-order valence-corrected chi connectivity index (χ3v) is 10.9. The summed E-state index contributed by atoms with van der Waals surface area (Å²) in [6.07, 6.45) is 0. The summed E-state index contributed by atoms with van der Waals surface area (Å²) >= 11 is 0. The summed E-state index contributed by atoms with van der Waals surface area (Å²) in [4.78, 5) is 0. The zero-order chi connectivity index (χ0) is 20.3. The monoisotopic (exact) mass is 384 g/mol. The van der Waals surface area contributed by atoms with Crippen LogP contribution in [0.25, 0.3) is 10.8 Å². The van der Waals surface area contributed by atoms with Crippen LogP contribution in [0.1, 0.15) is 48.5 Å². The van der Waals surface area contributed by atoms with Crippen molar-refractivity contribution in [3.05, 3.63) is 36.4 Å². The Hall–Kier alpha value is -1.30. The summed E-state index contributed by atoms with van der Waals surface area (Å²) < 4.78 is 19.2. The molecule has 0 amide bonds. The van der Waals surface area contributed by atoms with Crippen LogP contribution >= 0.6 is 0 Å². The van der Waals surface area contributed by atoms with Gasteiger partial charge >= 0.3 is 7.12 Å². The van der Waals surface area contributed by atoms with E-state index in [0.717, 1.165) is 22.0 Å². The van der Waals surface area contributed by atoms with Gasteiger partial charge in [0, 0.05) is 5.39 Å². The van der Waals surface area contributed by atoms with Crippen molar-refractivity contribution in [2.24, 2.45) is 0 Å². The minimum atomic E-state index is -1.92. The minimum absolute atomic E-state index is 0.151. The van der Waals surface area contributed by atoms with Crippen molar-refractivity contribution < 1.29 is 13.7 Å². The second kappa shape index (κ2) is 6.36. The highest BCUT2D eigenvalue weighted by Gasteiger charge is 2.52. The lowest BCUT2D eigenvalue weighted by Crippen LogP contribution is -2.44. The standard InChI is InChI=1S/C22H33BO3Si/c1-20(2,3)27(8,9)24-19-15-14-18(16-12-10-11-13-17(16)19)23-25-21(4,5)22(6,7)26-23/h10-15H,1-9H3. The van der Waals surface area contributed by atoms with Gasteiger partial charge in [-0.15, -0.1) is 0 Å². The zero-order valence-electron chi connectivity index (χ0n) is 18.3. The second-order valence-corrected chi connectivity index (χ2v) is 14.9. The molecule has 1 aliphatic heterocycles. The molecule has 3 rings (SSSR count). The van der Waals surface area contributed by atoms with Crippen molar-refractivity contribution >= 4 is 31.7 Å². The number of benzene rings is 2. The molecule has 2 aromatic carbocycles. The Morgan fingerprint density at radius 3 is 1.89 bits per heavy atom. The predicted molar refractivity (Wildman–Crippen MR) is 117 cm³/mol. The predicted octanol–water partition coefficient (Wildman–Crippen LogP) is 5.52. The zero-order valence-corrected chi connectivity index (χ0v) is 19.3. The van der Waals surface area contributed by atoms with Gasteiger partial charge in [-0.3, -0.25) is 0 Å². The van der Waals surface area contributed by atoms with Crippen LogP contribution in [0.3, 0.4) is 0 Å². The average molecular weight is 384 g/mol. The molecule has 0 aromatic heterocycles. The maximum atomic E-state index is 6.64. The van der Waals surface area contributed by atoms with Gasteiger partial charge < -0.3 is 13.7 Å². The quantitative estimate of drug-likeness (QED) is 0.652. The van der Waals surface area contributed by atoms with Crippen LogP contribution in [-0.4, -0.2) is 26.6 Å². The summed E-state index contributed by atoms with van der Waals surface area (Å²) in [5.41, 5.74) is 0.358. The van der Waals surface area contributed by atoms with E-state index in [1.54, 1.807) is 0 Å². The van der Waals surface area contributed by atoms with E-state index < -0.39 is 8.32 Å². The van der Waals surface area contributed by atoms with Gasteiger partial charge in [-0.25, -0.2) is 0 Å². The number of rotatable bonds is 3. The highest BCUT2D eigenvalue weighted by atomic mass is 28.4. The molecule has 0 bridgehead atoms. The lowest BCUT2D eigenvalue weighted by molar-refractivity contribution is 0.00578. The molecule has 0 saturated carbocycles. The molecular weight excluding hydrogens is 351 g/mol. The first-order valence-corrected chi connectivity index (χ1v) is 12.7. The van der Waals surface area contributed by atoms with E-state index in [4.69, 9.17) is 13.7 Å². The van der Waals surface area contributed by atoms with Gasteiger partial charge in [0.25, 0.3) is 8.32 Å². The van der Waals surface area contributed by atoms with Crippen LogP contribution in [0.15, 0.2) is 36.4 Å². The largest absolute Gasteiger partial charge is 0.543 e. The van der Waals surface area contributed by atoms with E-state index in [9.17, 15) is 0 Å². The molecule has 1 aliphatic rings. The molecule has 1 fully saturated rings. The van der Waals surface area contributed by atoms with E-state index in [0.29, 0.717) is 0 Å². The van der Waals surface area contributed by atoms with Crippen LogP contribution in [0.5, 0.6) is 5.75 Å². The maximum absolute atomic E-state index is 6.64. The molecule has 3 nitrogen and oxygen atoms in total. The summed E-state index contributed by atoms with van der Waals surface area (Å²) in [5.74, 6) is 0.956. The topological polar surface area (TPSA) is 27.7 Å². The fourth-order valence-corrected chi connectivity index (χ4v) is 4.02. The molecule has 5 heteroatoms. The lowest BCUT2D eigenvalue weighted by Gasteiger charge is -2.37. The molecule has 1 heterocycles. The van der Waals surface area contributed by atoms with Crippen molar-refractivity contribution in [2.45, 2.75) is 77.8 Å². The summed E-state index contributed by atoms with van der Waals surface area (Å²) in [5, 5.41) is 2.40. The third-order valence-electron chi connectivity index (χ3n) is 6.60. The SMILES string of the molecule is CC1(C)OB(c2ccc(O[Si](C)(C)C(C)(C)C)c3ccccc23)OC1(C)C. The van der Waals surface area contributed by atoms with Crippen molar-refractivity contribution in [3.8, 4) is 5.75 Å². The smallest absolute Gasteiger partial charge is 0.495 e. The fourth-order valence-electron chi connectivity index (χ4n) is 2.99. The van der Waals surface area contributed by atoms with Gasteiger partial charge in [0.2, 0.25) is 0 Å². The van der Waals surface area contributed by atoms with E-state index in [-0.39, 0.29) is 23.4 Å². The highest BCUT2D eigenvalue weighted by molar-refractivity contribution is 6.75. The first-order valence-electron chi connectivity index (χ1n) is 9.81.